The lowest BCUT2D eigenvalue weighted by Gasteiger charge is -2.07. The number of nitrogens with zero attached hydrogens (tertiary/aromatic N) is 3. The van der Waals surface area contributed by atoms with Crippen LogP contribution in [0.4, 0.5) is 0 Å². The van der Waals surface area contributed by atoms with Crippen molar-refractivity contribution in [1.82, 2.24) is 14.5 Å². The van der Waals surface area contributed by atoms with Crippen LogP contribution < -0.4 is 0 Å². The highest BCUT2D eigenvalue weighted by Crippen LogP contribution is 2.19. The van der Waals surface area contributed by atoms with Gasteiger partial charge < -0.3 is 4.57 Å². The molecule has 2 heterocycles. The fourth-order valence-electron chi connectivity index (χ4n) is 2.11. The second-order valence-corrected chi connectivity index (χ2v) is 6.05. The van der Waals surface area contributed by atoms with Crippen LogP contribution in [0.25, 0.3) is 11.2 Å². The first-order valence-electron chi connectivity index (χ1n) is 5.86. The summed E-state index contributed by atoms with van der Waals surface area (Å²) in [4.78, 5) is 8.84. The quantitative estimate of drug-likeness (QED) is 0.625. The number of aromatic nitrogens is 3. The lowest BCUT2D eigenvalue weighted by Crippen LogP contribution is -2.02. The molecule has 3 rings (SSSR count). The fourth-order valence-corrected chi connectivity index (χ4v) is 2.76. The molecule has 0 unspecified atom stereocenters. The van der Waals surface area contributed by atoms with Crippen molar-refractivity contribution in [2.45, 2.75) is 13.5 Å². The topological polar surface area (TPSA) is 30.7 Å². The van der Waals surface area contributed by atoms with Gasteiger partial charge in [0.2, 0.25) is 0 Å². The third-order valence-corrected chi connectivity index (χ3v) is 3.82. The largest absolute Gasteiger partial charge is 0.322 e. The third kappa shape index (κ3) is 2.60. The van der Waals surface area contributed by atoms with E-state index in [4.69, 9.17) is 11.6 Å². The summed E-state index contributed by atoms with van der Waals surface area (Å²) in [5.41, 5.74) is 3.01. The van der Waals surface area contributed by atoms with Gasteiger partial charge in [-0.25, -0.2) is 9.97 Å². The molecule has 0 radical (unpaired) electrons. The molecular weight excluding hydrogens is 373 g/mol. The second-order valence-electron chi connectivity index (χ2n) is 4.37. The molecule has 0 aliphatic carbocycles. The minimum atomic E-state index is 0.755. The molecule has 0 aliphatic rings. The van der Waals surface area contributed by atoms with E-state index in [1.54, 1.807) is 0 Å². The van der Waals surface area contributed by atoms with Crippen molar-refractivity contribution in [2.24, 2.45) is 0 Å². The molecule has 2 aromatic heterocycles. The van der Waals surface area contributed by atoms with E-state index < -0.39 is 0 Å². The number of halogens is 2. The summed E-state index contributed by atoms with van der Waals surface area (Å²) in [6.45, 7) is 2.75. The molecule has 1 aromatic carbocycles. The second kappa shape index (κ2) is 5.09. The maximum Gasteiger partial charge on any atom is 0.177 e. The molecule has 96 valence electrons. The zero-order chi connectivity index (χ0) is 13.4. The summed E-state index contributed by atoms with van der Waals surface area (Å²) in [5, 5.41) is 0.757. The Morgan fingerprint density at radius 3 is 2.95 bits per heavy atom. The Balaban J connectivity index is 2.09. The summed E-state index contributed by atoms with van der Waals surface area (Å²) in [6, 6.07) is 10.0. The van der Waals surface area contributed by atoms with Crippen LogP contribution in [0.5, 0.6) is 0 Å². The Hall–Kier alpha value is -1.14. The van der Waals surface area contributed by atoms with Gasteiger partial charge in [-0.05, 0) is 53.3 Å². The minimum absolute atomic E-state index is 0.755. The van der Waals surface area contributed by atoms with E-state index in [0.29, 0.717) is 0 Å². The first kappa shape index (κ1) is 12.9. The molecule has 0 N–H and O–H groups in total. The maximum atomic E-state index is 6.03. The average Bonchev–Trinajstić information content (AvgIpc) is 2.66. The van der Waals surface area contributed by atoms with Gasteiger partial charge in [0.25, 0.3) is 0 Å². The molecule has 0 saturated heterocycles. The van der Waals surface area contributed by atoms with Crippen LogP contribution in [0.3, 0.4) is 0 Å². The highest BCUT2D eigenvalue weighted by molar-refractivity contribution is 14.1. The highest BCUT2D eigenvalue weighted by atomic mass is 127. The zero-order valence-electron chi connectivity index (χ0n) is 10.3. The maximum absolute atomic E-state index is 6.03. The molecule has 0 spiro atoms. The Bertz CT molecular complexity index is 752. The Kier molecular flexibility index (Phi) is 3.45. The van der Waals surface area contributed by atoms with Gasteiger partial charge in [-0.15, -0.1) is 0 Å². The van der Waals surface area contributed by atoms with Crippen molar-refractivity contribution in [2.75, 3.05) is 0 Å². The van der Waals surface area contributed by atoms with Crippen LogP contribution in [0.15, 0.2) is 36.5 Å². The van der Waals surface area contributed by atoms with Crippen molar-refractivity contribution in [3.05, 3.63) is 56.5 Å². The monoisotopic (exact) mass is 383 g/mol. The number of fused-ring (bicyclic) bond motifs is 1. The number of rotatable bonds is 2. The highest BCUT2D eigenvalue weighted by Gasteiger charge is 2.09. The first-order chi connectivity index (χ1) is 9.13. The number of hydrogen-bond acceptors (Lipinski definition) is 2. The van der Waals surface area contributed by atoms with Gasteiger partial charge in [-0.3, -0.25) is 0 Å². The number of benzene rings is 1. The van der Waals surface area contributed by atoms with Gasteiger partial charge in [0.05, 0.1) is 5.52 Å². The van der Waals surface area contributed by atoms with E-state index in [2.05, 4.69) is 49.3 Å². The smallest absolute Gasteiger partial charge is 0.177 e. The molecule has 5 heteroatoms. The molecule has 3 nitrogen and oxygen atoms in total. The molecule has 0 aliphatic heterocycles. The number of pyridine rings is 1. The van der Waals surface area contributed by atoms with E-state index in [1.165, 1.54) is 0 Å². The molecule has 0 amide bonds. The Morgan fingerprint density at radius 2 is 2.16 bits per heavy atom. The van der Waals surface area contributed by atoms with Crippen LogP contribution in [0, 0.1) is 10.5 Å². The summed E-state index contributed by atoms with van der Waals surface area (Å²) >= 11 is 8.30. The lowest BCUT2D eigenvalue weighted by atomic mass is 10.2. The normalized spacial score (nSPS) is 11.1. The molecule has 0 atom stereocenters. The van der Waals surface area contributed by atoms with Gasteiger partial charge in [-0.2, -0.15) is 0 Å². The van der Waals surface area contributed by atoms with E-state index >= 15 is 0 Å². The fraction of sp³-hybridized carbons (Fsp3) is 0.143. The van der Waals surface area contributed by atoms with Crippen LogP contribution in [-0.2, 0) is 6.54 Å². The number of hydrogen-bond donors (Lipinski definition) is 0. The Morgan fingerprint density at radius 1 is 1.32 bits per heavy atom. The molecule has 0 bridgehead atoms. The van der Waals surface area contributed by atoms with Crippen molar-refractivity contribution in [3.8, 4) is 0 Å². The summed E-state index contributed by atoms with van der Waals surface area (Å²) < 4.78 is 3.27. The van der Waals surface area contributed by atoms with Crippen molar-refractivity contribution < 1.29 is 0 Å². The third-order valence-electron chi connectivity index (χ3n) is 2.99. The minimum Gasteiger partial charge on any atom is -0.322 e. The standard InChI is InChI=1S/C14H11ClIN3/c1-9-18-14-13(6-12(16)7-17-14)19(9)8-10-3-2-4-11(15)5-10/h2-7H,8H2,1H3. The van der Waals surface area contributed by atoms with Crippen LogP contribution in [-0.4, -0.2) is 14.5 Å². The predicted octanol–water partition coefficient (Wildman–Crippen LogP) is 4.05. The first-order valence-corrected chi connectivity index (χ1v) is 7.32. The van der Waals surface area contributed by atoms with E-state index in [1.807, 2.05) is 31.3 Å². The van der Waals surface area contributed by atoms with Crippen molar-refractivity contribution >= 4 is 45.4 Å². The van der Waals surface area contributed by atoms with Gasteiger partial charge in [0.15, 0.2) is 5.65 Å². The molecule has 0 fully saturated rings. The van der Waals surface area contributed by atoms with Gasteiger partial charge in [0.1, 0.15) is 5.82 Å². The number of imidazole rings is 1. The summed E-state index contributed by atoms with van der Waals surface area (Å²) in [6.07, 6.45) is 1.83. The summed E-state index contributed by atoms with van der Waals surface area (Å²) in [7, 11) is 0. The summed E-state index contributed by atoms with van der Waals surface area (Å²) in [5.74, 6) is 0.962. The van der Waals surface area contributed by atoms with E-state index in [9.17, 15) is 0 Å². The van der Waals surface area contributed by atoms with Crippen molar-refractivity contribution in [1.29, 1.82) is 0 Å². The van der Waals surface area contributed by atoms with Gasteiger partial charge in [-0.1, -0.05) is 23.7 Å². The molecular formula is C14H11ClIN3. The van der Waals surface area contributed by atoms with Crippen molar-refractivity contribution in [3.63, 3.8) is 0 Å². The Labute approximate surface area is 129 Å². The van der Waals surface area contributed by atoms with Crippen LogP contribution >= 0.6 is 34.2 Å². The molecule has 19 heavy (non-hydrogen) atoms. The van der Waals surface area contributed by atoms with Gasteiger partial charge >= 0.3 is 0 Å². The molecule has 0 saturated carbocycles. The SMILES string of the molecule is Cc1nc2ncc(I)cc2n1Cc1cccc(Cl)c1. The van der Waals surface area contributed by atoms with E-state index in [-0.39, 0.29) is 0 Å². The number of aryl methyl sites for hydroxylation is 1. The van der Waals surface area contributed by atoms with Gasteiger partial charge in [0, 0.05) is 21.3 Å². The van der Waals surface area contributed by atoms with E-state index in [0.717, 1.165) is 37.7 Å². The molecule has 3 aromatic rings. The van der Waals surface area contributed by atoms with Crippen LogP contribution in [0.2, 0.25) is 5.02 Å². The predicted molar refractivity (Wildman–Crippen MR) is 85.5 cm³/mol. The zero-order valence-corrected chi connectivity index (χ0v) is 13.2. The average molecular weight is 384 g/mol. The lowest BCUT2D eigenvalue weighted by molar-refractivity contribution is 0.786. The van der Waals surface area contributed by atoms with Crippen LogP contribution in [0.1, 0.15) is 11.4 Å².